The van der Waals surface area contributed by atoms with Crippen molar-refractivity contribution >= 4 is 31.6 Å². The van der Waals surface area contributed by atoms with Crippen molar-refractivity contribution in [3.8, 4) is 5.75 Å². The summed E-state index contributed by atoms with van der Waals surface area (Å²) < 4.78 is 71.3. The van der Waals surface area contributed by atoms with Crippen molar-refractivity contribution in [2.45, 2.75) is 17.9 Å². The lowest BCUT2D eigenvalue weighted by atomic mass is 10.2. The molecule has 0 aliphatic carbocycles. The molecule has 0 unspecified atom stereocenters. The standard InChI is InChI=1S/C17H17FN2O6S2/c1-26-15-7-6-13(20-17(21)8-9-27(20,22)23)10-16(15)28(24,25)19-11-12-4-2-3-5-14(12)18/h2-7,10,19H,8-9,11H2,1H3. The van der Waals surface area contributed by atoms with Gasteiger partial charge in [0.15, 0.2) is 0 Å². The Hall–Kier alpha value is -2.50. The minimum atomic E-state index is -4.20. The van der Waals surface area contributed by atoms with Crippen molar-refractivity contribution in [1.29, 1.82) is 0 Å². The summed E-state index contributed by atoms with van der Waals surface area (Å²) in [6.45, 7) is -0.316. The molecule has 1 aliphatic heterocycles. The summed E-state index contributed by atoms with van der Waals surface area (Å²) in [4.78, 5) is 11.6. The number of benzene rings is 2. The molecule has 2 aromatic rings. The number of nitrogens with one attached hydrogen (secondary N) is 1. The molecular weight excluding hydrogens is 411 g/mol. The molecule has 1 heterocycles. The quantitative estimate of drug-likeness (QED) is 0.744. The van der Waals surface area contributed by atoms with Crippen LogP contribution >= 0.6 is 0 Å². The largest absolute Gasteiger partial charge is 0.495 e. The fourth-order valence-corrected chi connectivity index (χ4v) is 5.41. The second kappa shape index (κ2) is 7.49. The molecule has 2 aromatic carbocycles. The number of hydrogen-bond acceptors (Lipinski definition) is 6. The number of anilines is 1. The van der Waals surface area contributed by atoms with Crippen molar-refractivity contribution in [2.75, 3.05) is 17.2 Å². The first-order chi connectivity index (χ1) is 13.2. The summed E-state index contributed by atoms with van der Waals surface area (Å²) in [6.07, 6.45) is -0.179. The Labute approximate surface area is 162 Å². The highest BCUT2D eigenvalue weighted by Crippen LogP contribution is 2.32. The molecule has 150 valence electrons. The number of carbonyl (C=O) groups is 1. The molecule has 0 radical (unpaired) electrons. The van der Waals surface area contributed by atoms with E-state index in [0.717, 1.165) is 6.07 Å². The molecule has 1 fully saturated rings. The van der Waals surface area contributed by atoms with Crippen LogP contribution < -0.4 is 13.8 Å². The van der Waals surface area contributed by atoms with E-state index in [-0.39, 0.29) is 40.6 Å². The van der Waals surface area contributed by atoms with Gasteiger partial charge in [-0.1, -0.05) is 18.2 Å². The van der Waals surface area contributed by atoms with E-state index in [2.05, 4.69) is 4.72 Å². The van der Waals surface area contributed by atoms with Crippen LogP contribution in [0.4, 0.5) is 10.1 Å². The minimum Gasteiger partial charge on any atom is -0.495 e. The summed E-state index contributed by atoms with van der Waals surface area (Å²) in [7, 11) is -6.80. The van der Waals surface area contributed by atoms with Gasteiger partial charge in [0, 0.05) is 18.5 Å². The molecule has 1 aliphatic rings. The molecule has 0 atom stereocenters. The highest BCUT2D eigenvalue weighted by molar-refractivity contribution is 7.94. The van der Waals surface area contributed by atoms with E-state index in [4.69, 9.17) is 4.74 Å². The van der Waals surface area contributed by atoms with E-state index in [1.54, 1.807) is 6.07 Å². The van der Waals surface area contributed by atoms with Crippen LogP contribution in [0, 0.1) is 5.82 Å². The summed E-state index contributed by atoms with van der Waals surface area (Å²) in [6, 6.07) is 9.27. The van der Waals surface area contributed by atoms with Crippen molar-refractivity contribution in [1.82, 2.24) is 4.72 Å². The van der Waals surface area contributed by atoms with Crippen molar-refractivity contribution in [3.05, 3.63) is 53.8 Å². The van der Waals surface area contributed by atoms with Crippen LogP contribution in [0.15, 0.2) is 47.4 Å². The van der Waals surface area contributed by atoms with Gasteiger partial charge in [-0.2, -0.15) is 0 Å². The molecule has 1 amide bonds. The number of rotatable bonds is 6. The first-order valence-corrected chi connectivity index (χ1v) is 11.2. The van der Waals surface area contributed by atoms with Gasteiger partial charge in [0.05, 0.1) is 18.6 Å². The maximum atomic E-state index is 13.7. The zero-order valence-corrected chi connectivity index (χ0v) is 16.4. The molecule has 0 bridgehead atoms. The molecule has 0 spiro atoms. The molecular formula is C17H17FN2O6S2. The smallest absolute Gasteiger partial charge is 0.244 e. The van der Waals surface area contributed by atoms with Crippen molar-refractivity contribution < 1.29 is 30.8 Å². The van der Waals surface area contributed by atoms with Crippen LogP contribution in [0.25, 0.3) is 0 Å². The maximum absolute atomic E-state index is 13.7. The van der Waals surface area contributed by atoms with Gasteiger partial charge in [-0.05, 0) is 24.3 Å². The fourth-order valence-electron chi connectivity index (χ4n) is 2.76. The van der Waals surface area contributed by atoms with Gasteiger partial charge in [0.25, 0.3) is 0 Å². The second-order valence-corrected chi connectivity index (χ2v) is 9.65. The Morgan fingerprint density at radius 1 is 1.21 bits per heavy atom. The van der Waals surface area contributed by atoms with Crippen LogP contribution in [0.2, 0.25) is 0 Å². The Morgan fingerprint density at radius 2 is 1.93 bits per heavy atom. The lowest BCUT2D eigenvalue weighted by Gasteiger charge is -2.18. The van der Waals surface area contributed by atoms with E-state index < -0.39 is 31.8 Å². The number of nitrogens with zero attached hydrogens (tertiary/aromatic N) is 1. The van der Waals surface area contributed by atoms with Gasteiger partial charge >= 0.3 is 0 Å². The van der Waals surface area contributed by atoms with Gasteiger partial charge in [0.1, 0.15) is 16.5 Å². The minimum absolute atomic E-state index is 0.0474. The summed E-state index contributed by atoms with van der Waals surface area (Å²) in [5.74, 6) is -1.60. The number of methoxy groups -OCH3 is 1. The number of halogens is 1. The first-order valence-electron chi connectivity index (χ1n) is 8.12. The zero-order chi connectivity index (χ0) is 20.5. The number of sulfonamides is 2. The van der Waals surface area contributed by atoms with E-state index in [0.29, 0.717) is 4.31 Å². The van der Waals surface area contributed by atoms with Crippen molar-refractivity contribution in [3.63, 3.8) is 0 Å². The number of hydrogen-bond donors (Lipinski definition) is 1. The van der Waals surface area contributed by atoms with Gasteiger partial charge in [-0.15, -0.1) is 0 Å². The molecule has 1 N–H and O–H groups in total. The number of carbonyl (C=O) groups excluding carboxylic acids is 1. The Morgan fingerprint density at radius 3 is 2.54 bits per heavy atom. The van der Waals surface area contributed by atoms with E-state index in [9.17, 15) is 26.0 Å². The van der Waals surface area contributed by atoms with E-state index in [1.807, 2.05) is 0 Å². The highest BCUT2D eigenvalue weighted by Gasteiger charge is 2.37. The molecule has 0 aromatic heterocycles. The van der Waals surface area contributed by atoms with Gasteiger partial charge in [-0.3, -0.25) is 4.79 Å². The topological polar surface area (TPSA) is 110 Å². The van der Waals surface area contributed by atoms with Gasteiger partial charge in [-0.25, -0.2) is 30.3 Å². The Balaban J connectivity index is 1.98. The predicted molar refractivity (Wildman–Crippen MR) is 99.3 cm³/mol. The summed E-state index contributed by atoms with van der Waals surface area (Å²) >= 11 is 0. The molecule has 28 heavy (non-hydrogen) atoms. The number of amides is 1. The fraction of sp³-hybridized carbons (Fsp3) is 0.235. The van der Waals surface area contributed by atoms with Crippen LogP contribution in [0.3, 0.4) is 0 Å². The zero-order valence-electron chi connectivity index (χ0n) is 14.8. The average molecular weight is 428 g/mol. The van der Waals surface area contributed by atoms with Crippen LogP contribution in [-0.2, 0) is 31.4 Å². The Bertz CT molecular complexity index is 1130. The van der Waals surface area contributed by atoms with Crippen LogP contribution in [0.1, 0.15) is 12.0 Å². The third-order valence-corrected chi connectivity index (χ3v) is 7.27. The molecule has 3 rings (SSSR count). The third-order valence-electron chi connectivity index (χ3n) is 4.16. The number of ether oxygens (including phenoxy) is 1. The molecule has 1 saturated heterocycles. The van der Waals surface area contributed by atoms with Crippen LogP contribution in [0.5, 0.6) is 5.75 Å². The monoisotopic (exact) mass is 428 g/mol. The SMILES string of the molecule is COc1ccc(N2C(=O)CCS2(=O)=O)cc1S(=O)(=O)NCc1ccccc1F. The lowest BCUT2D eigenvalue weighted by molar-refractivity contribution is -0.116. The average Bonchev–Trinajstić information content (AvgIpc) is 2.93. The van der Waals surface area contributed by atoms with E-state index >= 15 is 0 Å². The third kappa shape index (κ3) is 3.86. The molecule has 0 saturated carbocycles. The Kier molecular flexibility index (Phi) is 5.41. The lowest BCUT2D eigenvalue weighted by Crippen LogP contribution is -2.30. The summed E-state index contributed by atoms with van der Waals surface area (Å²) in [5.41, 5.74) is 0.0352. The van der Waals surface area contributed by atoms with Crippen LogP contribution in [-0.4, -0.2) is 35.6 Å². The van der Waals surface area contributed by atoms with Gasteiger partial charge < -0.3 is 4.74 Å². The van der Waals surface area contributed by atoms with Crippen molar-refractivity contribution in [2.24, 2.45) is 0 Å². The summed E-state index contributed by atoms with van der Waals surface area (Å²) in [5, 5.41) is 0. The maximum Gasteiger partial charge on any atom is 0.244 e. The van der Waals surface area contributed by atoms with E-state index in [1.165, 1.54) is 37.4 Å². The predicted octanol–water partition coefficient (Wildman–Crippen LogP) is 1.38. The first kappa shape index (κ1) is 20.2. The normalized spacial score (nSPS) is 16.4. The van der Waals surface area contributed by atoms with Gasteiger partial charge in [0.2, 0.25) is 26.0 Å². The molecule has 8 nitrogen and oxygen atoms in total. The molecule has 11 heteroatoms. The highest BCUT2D eigenvalue weighted by atomic mass is 32.2. The second-order valence-electron chi connectivity index (χ2n) is 5.98.